The van der Waals surface area contributed by atoms with E-state index in [-0.39, 0.29) is 11.7 Å². The maximum atomic E-state index is 13.1. The maximum absolute atomic E-state index is 13.1. The van der Waals surface area contributed by atoms with Gasteiger partial charge in [0.1, 0.15) is 11.9 Å². The zero-order valence-corrected chi connectivity index (χ0v) is 16.0. The zero-order valence-electron chi connectivity index (χ0n) is 16.0. The van der Waals surface area contributed by atoms with E-state index in [1.807, 2.05) is 55.5 Å². The van der Waals surface area contributed by atoms with Crippen molar-refractivity contribution >= 4 is 28.4 Å². The fraction of sp³-hybridized carbons (Fsp3) is 0.174. The number of aromatic nitrogens is 3. The molecule has 29 heavy (non-hydrogen) atoms. The molecule has 2 aromatic carbocycles. The molecule has 1 aliphatic heterocycles. The predicted molar refractivity (Wildman–Crippen MR) is 112 cm³/mol. The predicted octanol–water partition coefficient (Wildman–Crippen LogP) is 4.50. The number of imidazole rings is 1. The van der Waals surface area contributed by atoms with Gasteiger partial charge in [-0.2, -0.15) is 0 Å². The number of Topliss-reactive ketones (excluding diaryl/α,β-unsaturated/α-hetero) is 1. The van der Waals surface area contributed by atoms with Crippen LogP contribution in [0.2, 0.25) is 0 Å². The van der Waals surface area contributed by atoms with Crippen molar-refractivity contribution in [1.29, 1.82) is 0 Å². The van der Waals surface area contributed by atoms with Gasteiger partial charge in [0.15, 0.2) is 5.78 Å². The Morgan fingerprint density at radius 1 is 1.17 bits per heavy atom. The second-order valence-electron chi connectivity index (χ2n) is 7.42. The lowest BCUT2D eigenvalue weighted by Crippen LogP contribution is -2.31. The molecule has 1 amide bonds. The third kappa shape index (κ3) is 3.02. The van der Waals surface area contributed by atoms with Crippen LogP contribution < -0.4 is 5.32 Å². The number of para-hydroxylation sites is 2. The van der Waals surface area contributed by atoms with Gasteiger partial charge in [0.2, 0.25) is 5.91 Å². The lowest BCUT2D eigenvalue weighted by molar-refractivity contribution is -0.119. The highest BCUT2D eigenvalue weighted by molar-refractivity contribution is 6.01. The Morgan fingerprint density at radius 2 is 2.03 bits per heavy atom. The maximum Gasteiger partial charge on any atom is 0.247 e. The molecule has 0 saturated heterocycles. The van der Waals surface area contributed by atoms with Crippen molar-refractivity contribution < 1.29 is 9.59 Å². The summed E-state index contributed by atoms with van der Waals surface area (Å²) in [5, 5.41) is 3.06. The fourth-order valence-corrected chi connectivity index (χ4v) is 3.95. The molecule has 5 rings (SSSR count). The van der Waals surface area contributed by atoms with E-state index in [9.17, 15) is 9.59 Å². The summed E-state index contributed by atoms with van der Waals surface area (Å²) in [5.74, 6) is 0.666. The van der Waals surface area contributed by atoms with Crippen LogP contribution in [-0.4, -0.2) is 26.2 Å². The van der Waals surface area contributed by atoms with Crippen LogP contribution in [0.15, 0.2) is 60.8 Å². The molecule has 4 aromatic rings. The molecule has 144 valence electrons. The van der Waals surface area contributed by atoms with E-state index in [4.69, 9.17) is 0 Å². The zero-order chi connectivity index (χ0) is 20.0. The minimum absolute atomic E-state index is 0.0809. The van der Waals surface area contributed by atoms with Gasteiger partial charge in [0, 0.05) is 18.2 Å². The SMILES string of the molecule is Cc1ccc(NC(=O)C2CCC(=O)c3cccn32)c(-c2nc3ccccc3[nH]2)c1. The summed E-state index contributed by atoms with van der Waals surface area (Å²) in [5.41, 5.74) is 5.04. The van der Waals surface area contributed by atoms with Crippen molar-refractivity contribution in [3.63, 3.8) is 0 Å². The number of anilines is 1. The first kappa shape index (κ1) is 17.4. The van der Waals surface area contributed by atoms with E-state index in [0.29, 0.717) is 30.0 Å². The third-order valence-electron chi connectivity index (χ3n) is 5.43. The van der Waals surface area contributed by atoms with Gasteiger partial charge in [0.05, 0.1) is 22.4 Å². The van der Waals surface area contributed by atoms with Gasteiger partial charge in [0.25, 0.3) is 0 Å². The number of nitrogens with zero attached hydrogens (tertiary/aromatic N) is 2. The highest BCUT2D eigenvalue weighted by Gasteiger charge is 2.30. The largest absolute Gasteiger partial charge is 0.338 e. The van der Waals surface area contributed by atoms with Gasteiger partial charge in [-0.05, 0) is 49.7 Å². The Kier molecular flexibility index (Phi) is 4.05. The van der Waals surface area contributed by atoms with Gasteiger partial charge >= 0.3 is 0 Å². The van der Waals surface area contributed by atoms with Crippen LogP contribution in [0.25, 0.3) is 22.4 Å². The van der Waals surface area contributed by atoms with Gasteiger partial charge in [-0.1, -0.05) is 23.8 Å². The van der Waals surface area contributed by atoms with Crippen molar-refractivity contribution in [2.24, 2.45) is 0 Å². The number of hydrogen-bond donors (Lipinski definition) is 2. The fourth-order valence-electron chi connectivity index (χ4n) is 3.95. The number of amides is 1. The van der Waals surface area contributed by atoms with Crippen molar-refractivity contribution in [3.05, 3.63) is 72.1 Å². The Morgan fingerprint density at radius 3 is 2.90 bits per heavy atom. The number of aryl methyl sites for hydroxylation is 1. The first-order valence-corrected chi connectivity index (χ1v) is 9.67. The summed E-state index contributed by atoms with van der Waals surface area (Å²) >= 11 is 0. The van der Waals surface area contributed by atoms with Crippen LogP contribution >= 0.6 is 0 Å². The molecular weight excluding hydrogens is 364 g/mol. The molecule has 2 N–H and O–H groups in total. The summed E-state index contributed by atoms with van der Waals surface area (Å²) in [6.07, 6.45) is 2.68. The molecule has 6 heteroatoms. The van der Waals surface area contributed by atoms with Crippen LogP contribution in [0.3, 0.4) is 0 Å². The van der Waals surface area contributed by atoms with Crippen molar-refractivity contribution in [3.8, 4) is 11.4 Å². The summed E-state index contributed by atoms with van der Waals surface area (Å²) in [6, 6.07) is 16.9. The number of nitrogens with one attached hydrogen (secondary N) is 2. The minimum Gasteiger partial charge on any atom is -0.338 e. The smallest absolute Gasteiger partial charge is 0.247 e. The van der Waals surface area contributed by atoms with E-state index in [0.717, 1.165) is 22.2 Å². The number of H-pyrrole nitrogens is 1. The summed E-state index contributed by atoms with van der Waals surface area (Å²) in [4.78, 5) is 33.2. The highest BCUT2D eigenvalue weighted by atomic mass is 16.2. The summed E-state index contributed by atoms with van der Waals surface area (Å²) < 4.78 is 1.77. The van der Waals surface area contributed by atoms with Gasteiger partial charge in [-0.15, -0.1) is 0 Å². The highest BCUT2D eigenvalue weighted by Crippen LogP contribution is 2.31. The number of benzene rings is 2. The normalized spacial score (nSPS) is 16.0. The van der Waals surface area contributed by atoms with E-state index in [1.54, 1.807) is 16.8 Å². The molecule has 0 fully saturated rings. The topological polar surface area (TPSA) is 79.8 Å². The Balaban J connectivity index is 1.50. The number of aromatic amines is 1. The van der Waals surface area contributed by atoms with E-state index >= 15 is 0 Å². The molecule has 3 heterocycles. The molecule has 0 radical (unpaired) electrons. The average Bonchev–Trinajstić information content (AvgIpc) is 3.37. The number of hydrogen-bond acceptors (Lipinski definition) is 3. The standard InChI is InChI=1S/C23H20N4O2/c1-14-8-9-16(15(13-14)22-24-17-5-2-3-6-18(17)25-22)26-23(29)20-10-11-21(28)19-7-4-12-27(19)20/h2-9,12-13,20H,10-11H2,1H3,(H,24,25)(H,26,29). The summed E-state index contributed by atoms with van der Waals surface area (Å²) in [7, 11) is 0. The van der Waals surface area contributed by atoms with Gasteiger partial charge < -0.3 is 14.9 Å². The van der Waals surface area contributed by atoms with Crippen LogP contribution in [0, 0.1) is 6.92 Å². The van der Waals surface area contributed by atoms with Crippen molar-refractivity contribution in [2.75, 3.05) is 5.32 Å². The monoisotopic (exact) mass is 384 g/mol. The molecule has 0 spiro atoms. The molecule has 0 aliphatic carbocycles. The van der Waals surface area contributed by atoms with Crippen molar-refractivity contribution in [1.82, 2.24) is 14.5 Å². The second-order valence-corrected chi connectivity index (χ2v) is 7.42. The average molecular weight is 384 g/mol. The van der Waals surface area contributed by atoms with Crippen LogP contribution in [0.4, 0.5) is 5.69 Å². The first-order valence-electron chi connectivity index (χ1n) is 9.67. The van der Waals surface area contributed by atoms with Crippen molar-refractivity contribution in [2.45, 2.75) is 25.8 Å². The second kappa shape index (κ2) is 6.74. The van der Waals surface area contributed by atoms with E-state index < -0.39 is 6.04 Å². The van der Waals surface area contributed by atoms with E-state index in [2.05, 4.69) is 15.3 Å². The Hall–Kier alpha value is -3.67. The number of fused-ring (bicyclic) bond motifs is 2. The first-order chi connectivity index (χ1) is 14.1. The molecule has 0 saturated carbocycles. The number of carbonyl (C=O) groups excluding carboxylic acids is 2. The lowest BCUT2D eigenvalue weighted by atomic mass is 10.0. The Labute approximate surface area is 167 Å². The minimum atomic E-state index is -0.400. The molecule has 2 aromatic heterocycles. The van der Waals surface area contributed by atoms with Crippen LogP contribution in [0.1, 0.15) is 34.9 Å². The molecule has 1 unspecified atom stereocenters. The van der Waals surface area contributed by atoms with Gasteiger partial charge in [-0.3, -0.25) is 9.59 Å². The quantitative estimate of drug-likeness (QED) is 0.546. The lowest BCUT2D eigenvalue weighted by Gasteiger charge is -2.25. The van der Waals surface area contributed by atoms with Gasteiger partial charge in [-0.25, -0.2) is 4.98 Å². The van der Waals surface area contributed by atoms with Crippen LogP contribution in [-0.2, 0) is 4.79 Å². The number of rotatable bonds is 3. The Bertz CT molecular complexity index is 1220. The third-order valence-corrected chi connectivity index (χ3v) is 5.43. The molecule has 1 atom stereocenters. The summed E-state index contributed by atoms with van der Waals surface area (Å²) in [6.45, 7) is 2.01. The molecule has 1 aliphatic rings. The number of carbonyl (C=O) groups is 2. The molecule has 6 nitrogen and oxygen atoms in total. The molecule has 0 bridgehead atoms. The molecular formula is C23H20N4O2. The number of ketones is 1. The van der Waals surface area contributed by atoms with Crippen LogP contribution in [0.5, 0.6) is 0 Å². The van der Waals surface area contributed by atoms with E-state index in [1.165, 1.54) is 0 Å².